The fraction of sp³-hybridized carbons (Fsp3) is 0.615. The van der Waals surface area contributed by atoms with Gasteiger partial charge >= 0.3 is 0 Å². The Labute approximate surface area is 107 Å². The van der Waals surface area contributed by atoms with E-state index in [1.165, 1.54) is 6.92 Å². The molecule has 0 bridgehead atoms. The van der Waals surface area contributed by atoms with Crippen molar-refractivity contribution in [2.24, 2.45) is 0 Å². The Hall–Kier alpha value is -1.65. The molecule has 1 saturated heterocycles. The van der Waals surface area contributed by atoms with Gasteiger partial charge in [-0.2, -0.15) is 0 Å². The number of rotatable bonds is 3. The summed E-state index contributed by atoms with van der Waals surface area (Å²) in [6, 6.07) is 0. The summed E-state index contributed by atoms with van der Waals surface area (Å²) in [4.78, 5) is 34.5. The maximum atomic E-state index is 12.1. The molecule has 0 aromatic heterocycles. The molecule has 1 aliphatic heterocycles. The van der Waals surface area contributed by atoms with Crippen molar-refractivity contribution < 1.29 is 14.4 Å². The first-order valence-corrected chi connectivity index (χ1v) is 6.03. The van der Waals surface area contributed by atoms with Crippen molar-refractivity contribution in [3.63, 3.8) is 0 Å². The first kappa shape index (κ1) is 14.4. The molecule has 0 saturated carbocycles. The normalized spacial score (nSPS) is 18.3. The topological polar surface area (TPSA) is 75.3 Å². The Morgan fingerprint density at radius 1 is 1.28 bits per heavy atom. The van der Waals surface area contributed by atoms with Crippen LogP contribution in [0.25, 0.3) is 0 Å². The van der Waals surface area contributed by atoms with E-state index in [2.05, 4.69) is 10.6 Å². The second-order valence-corrected chi connectivity index (χ2v) is 5.59. The molecule has 2 amide bonds. The molecule has 0 radical (unpaired) electrons. The fourth-order valence-corrected chi connectivity index (χ4v) is 1.75. The highest BCUT2D eigenvalue weighted by Crippen LogP contribution is 2.19. The van der Waals surface area contributed by atoms with Crippen molar-refractivity contribution in [3.8, 4) is 0 Å². The number of hydrogen-bond donors (Lipinski definition) is 2. The van der Waals surface area contributed by atoms with Gasteiger partial charge in [0.15, 0.2) is 0 Å². The highest BCUT2D eigenvalue weighted by molar-refractivity contribution is 6.00. The summed E-state index contributed by atoms with van der Waals surface area (Å²) in [6.45, 7) is 7.04. The molecule has 2 N–H and O–H groups in total. The minimum Gasteiger partial charge on any atom is -0.348 e. The molecule has 1 fully saturated rings. The number of Topliss-reactive ketones (excluding diaryl/α,β-unsaturated/α-hetero) is 1. The number of carbonyl (C=O) groups excluding carboxylic acids is 3. The third-order valence-electron chi connectivity index (χ3n) is 2.44. The lowest BCUT2D eigenvalue weighted by Gasteiger charge is -2.22. The summed E-state index contributed by atoms with van der Waals surface area (Å²) in [5.74, 6) is -0.479. The lowest BCUT2D eigenvalue weighted by molar-refractivity contribution is -0.122. The van der Waals surface area contributed by atoms with Crippen LogP contribution in [0.1, 0.15) is 47.0 Å². The van der Waals surface area contributed by atoms with Crippen LogP contribution >= 0.6 is 0 Å². The average Bonchev–Trinajstić information content (AvgIpc) is 2.57. The molecule has 1 rings (SSSR count). The van der Waals surface area contributed by atoms with Gasteiger partial charge in [-0.25, -0.2) is 0 Å². The van der Waals surface area contributed by atoms with Gasteiger partial charge in [-0.1, -0.05) is 0 Å². The van der Waals surface area contributed by atoms with Crippen LogP contribution in [-0.2, 0) is 14.4 Å². The summed E-state index contributed by atoms with van der Waals surface area (Å²) in [5, 5.41) is 5.47. The maximum absolute atomic E-state index is 12.1. The van der Waals surface area contributed by atoms with E-state index in [0.29, 0.717) is 24.1 Å². The summed E-state index contributed by atoms with van der Waals surface area (Å²) < 4.78 is 0. The van der Waals surface area contributed by atoms with Crippen LogP contribution in [0, 0.1) is 0 Å². The van der Waals surface area contributed by atoms with E-state index in [1.54, 1.807) is 0 Å². The highest BCUT2D eigenvalue weighted by Gasteiger charge is 2.25. The predicted octanol–water partition coefficient (Wildman–Crippen LogP) is 1.04. The van der Waals surface area contributed by atoms with Crippen molar-refractivity contribution in [1.29, 1.82) is 0 Å². The standard InChI is InChI=1S/C13H20N2O3/c1-8(16)7-9(10-5-6-11(17)14-10)12(18)15-13(2,3)4/h5-7H2,1-4H3,(H,14,17)(H,15,18)/b10-9+. The van der Waals surface area contributed by atoms with Gasteiger partial charge in [0.2, 0.25) is 11.8 Å². The number of amides is 2. The maximum Gasteiger partial charge on any atom is 0.249 e. The van der Waals surface area contributed by atoms with Crippen LogP contribution in [0.5, 0.6) is 0 Å². The number of carbonyl (C=O) groups is 3. The number of allylic oxidation sites excluding steroid dienone is 1. The Morgan fingerprint density at radius 2 is 1.89 bits per heavy atom. The first-order valence-electron chi connectivity index (χ1n) is 6.03. The molecule has 0 aromatic rings. The molecule has 0 unspecified atom stereocenters. The van der Waals surface area contributed by atoms with E-state index in [9.17, 15) is 14.4 Å². The van der Waals surface area contributed by atoms with Gasteiger partial charge in [-0.3, -0.25) is 14.4 Å². The van der Waals surface area contributed by atoms with Crippen molar-refractivity contribution in [2.75, 3.05) is 0 Å². The second kappa shape index (κ2) is 5.33. The zero-order chi connectivity index (χ0) is 13.9. The lowest BCUT2D eigenvalue weighted by atomic mass is 10.0. The summed E-state index contributed by atoms with van der Waals surface area (Å²) >= 11 is 0. The predicted molar refractivity (Wildman–Crippen MR) is 67.6 cm³/mol. The second-order valence-electron chi connectivity index (χ2n) is 5.59. The third-order valence-corrected chi connectivity index (χ3v) is 2.44. The molecule has 0 aliphatic carbocycles. The molecule has 100 valence electrons. The SMILES string of the molecule is CC(=O)C/C(C(=O)NC(C)(C)C)=C1/CCC(=O)N1. The minimum atomic E-state index is -0.373. The minimum absolute atomic E-state index is 0.0531. The van der Waals surface area contributed by atoms with Crippen LogP contribution < -0.4 is 10.6 Å². The van der Waals surface area contributed by atoms with Crippen LogP contribution in [-0.4, -0.2) is 23.1 Å². The Bertz CT molecular complexity index is 416. The Morgan fingerprint density at radius 3 is 2.28 bits per heavy atom. The van der Waals surface area contributed by atoms with Crippen molar-refractivity contribution >= 4 is 17.6 Å². The molecule has 0 spiro atoms. The first-order chi connectivity index (χ1) is 8.19. The fourth-order valence-electron chi connectivity index (χ4n) is 1.75. The smallest absolute Gasteiger partial charge is 0.249 e. The summed E-state index contributed by atoms with van der Waals surface area (Å²) in [7, 11) is 0. The number of ketones is 1. The van der Waals surface area contributed by atoms with Gasteiger partial charge < -0.3 is 10.6 Å². The monoisotopic (exact) mass is 252 g/mol. The van der Waals surface area contributed by atoms with Crippen LogP contribution in [0.2, 0.25) is 0 Å². The lowest BCUT2D eigenvalue weighted by Crippen LogP contribution is -2.42. The number of nitrogens with one attached hydrogen (secondary N) is 2. The highest BCUT2D eigenvalue weighted by atomic mass is 16.2. The molecule has 1 heterocycles. The summed E-state index contributed by atoms with van der Waals surface area (Å²) in [6.07, 6.45) is 0.927. The van der Waals surface area contributed by atoms with Crippen molar-refractivity contribution in [2.45, 2.75) is 52.5 Å². The Kier molecular flexibility index (Phi) is 4.27. The molecule has 0 atom stereocenters. The van der Waals surface area contributed by atoms with Crippen LogP contribution in [0.15, 0.2) is 11.3 Å². The van der Waals surface area contributed by atoms with E-state index in [4.69, 9.17) is 0 Å². The quantitative estimate of drug-likeness (QED) is 0.737. The van der Waals surface area contributed by atoms with Gasteiger partial charge in [0.25, 0.3) is 0 Å². The molecular weight excluding hydrogens is 232 g/mol. The zero-order valence-corrected chi connectivity index (χ0v) is 11.3. The van der Waals surface area contributed by atoms with Crippen LogP contribution in [0.3, 0.4) is 0 Å². The third kappa shape index (κ3) is 4.31. The Balaban J connectivity index is 2.95. The summed E-state index contributed by atoms with van der Waals surface area (Å²) in [5.41, 5.74) is 0.586. The van der Waals surface area contributed by atoms with Gasteiger partial charge in [0.05, 0.1) is 0 Å². The van der Waals surface area contributed by atoms with Crippen LogP contribution in [0.4, 0.5) is 0 Å². The molecule has 0 aromatic carbocycles. The van der Waals surface area contributed by atoms with Crippen molar-refractivity contribution in [3.05, 3.63) is 11.3 Å². The van der Waals surface area contributed by atoms with E-state index < -0.39 is 0 Å². The van der Waals surface area contributed by atoms with Gasteiger partial charge in [0.1, 0.15) is 5.78 Å². The average molecular weight is 252 g/mol. The molecule has 1 aliphatic rings. The molecule has 5 nitrogen and oxygen atoms in total. The van der Waals surface area contributed by atoms with E-state index in [1.807, 2.05) is 20.8 Å². The van der Waals surface area contributed by atoms with E-state index in [0.717, 1.165) is 0 Å². The van der Waals surface area contributed by atoms with Gasteiger partial charge in [-0.15, -0.1) is 0 Å². The zero-order valence-electron chi connectivity index (χ0n) is 11.3. The van der Waals surface area contributed by atoms with Gasteiger partial charge in [-0.05, 0) is 34.1 Å². The van der Waals surface area contributed by atoms with Gasteiger partial charge in [0, 0.05) is 29.7 Å². The van der Waals surface area contributed by atoms with E-state index >= 15 is 0 Å². The molecular formula is C13H20N2O3. The van der Waals surface area contributed by atoms with E-state index in [-0.39, 0.29) is 29.6 Å². The molecule has 5 heteroatoms. The number of hydrogen-bond acceptors (Lipinski definition) is 3. The largest absolute Gasteiger partial charge is 0.348 e. The van der Waals surface area contributed by atoms with Crippen molar-refractivity contribution in [1.82, 2.24) is 10.6 Å². The molecule has 18 heavy (non-hydrogen) atoms.